The van der Waals surface area contributed by atoms with Crippen LogP contribution >= 0.6 is 0 Å². The number of hydrogen-bond acceptors (Lipinski definition) is 3. The van der Waals surface area contributed by atoms with E-state index in [-0.39, 0.29) is 11.7 Å². The summed E-state index contributed by atoms with van der Waals surface area (Å²) in [7, 11) is 0. The molecule has 23 heavy (non-hydrogen) atoms. The summed E-state index contributed by atoms with van der Waals surface area (Å²) in [5.41, 5.74) is 10.0. The van der Waals surface area contributed by atoms with Gasteiger partial charge in [0, 0.05) is 34.6 Å². The molecule has 2 aromatic carbocycles. The number of halogens is 1. The van der Waals surface area contributed by atoms with E-state index in [1.807, 2.05) is 18.3 Å². The Bertz CT molecular complexity index is 883. The maximum absolute atomic E-state index is 13.3. The lowest BCUT2D eigenvalue weighted by Gasteiger charge is -2.16. The fourth-order valence-corrected chi connectivity index (χ4v) is 2.80. The Morgan fingerprint density at radius 1 is 1.17 bits per heavy atom. The van der Waals surface area contributed by atoms with Crippen LogP contribution in [0.2, 0.25) is 0 Å². The highest BCUT2D eigenvalue weighted by Gasteiger charge is 2.15. The topological polar surface area (TPSA) is 62.8 Å². The molecule has 3 N–H and O–H groups in total. The van der Waals surface area contributed by atoms with Gasteiger partial charge < -0.3 is 11.1 Å². The summed E-state index contributed by atoms with van der Waals surface area (Å²) in [6.07, 6.45) is 3.06. The van der Waals surface area contributed by atoms with Crippen molar-refractivity contribution < 1.29 is 4.39 Å². The summed E-state index contributed by atoms with van der Waals surface area (Å²) in [5.74, 6) is -0.0436. The van der Waals surface area contributed by atoms with Crippen molar-refractivity contribution in [2.75, 3.05) is 5.73 Å². The number of nitrogens with zero attached hydrogens (tertiary/aromatic N) is 1. The van der Waals surface area contributed by atoms with Crippen LogP contribution in [0.5, 0.6) is 0 Å². The molecule has 1 heterocycles. The molecule has 0 radical (unpaired) electrons. The van der Waals surface area contributed by atoms with Gasteiger partial charge in [0.2, 0.25) is 0 Å². The first-order chi connectivity index (χ1) is 11.0. The van der Waals surface area contributed by atoms with E-state index in [0.717, 1.165) is 27.6 Å². The lowest BCUT2D eigenvalue weighted by Crippen LogP contribution is -2.00. The predicted octanol–water partition coefficient (Wildman–Crippen LogP) is 4.74. The third-order valence-electron chi connectivity index (χ3n) is 3.96. The molecule has 1 aromatic heterocycles. The lowest BCUT2D eigenvalue weighted by atomic mass is 9.92. The van der Waals surface area contributed by atoms with Gasteiger partial charge in [0.15, 0.2) is 0 Å². The summed E-state index contributed by atoms with van der Waals surface area (Å²) in [6, 6.07) is 10.2. The van der Waals surface area contributed by atoms with Gasteiger partial charge in [-0.25, -0.2) is 4.39 Å². The van der Waals surface area contributed by atoms with Gasteiger partial charge in [-0.05, 0) is 41.1 Å². The molecule has 0 fully saturated rings. The maximum atomic E-state index is 13.3. The molecule has 0 unspecified atom stereocenters. The van der Waals surface area contributed by atoms with Gasteiger partial charge in [0.05, 0.1) is 5.69 Å². The monoisotopic (exact) mass is 307 g/mol. The Labute approximate surface area is 134 Å². The highest BCUT2D eigenvalue weighted by molar-refractivity contribution is 6.03. The van der Waals surface area contributed by atoms with Gasteiger partial charge in [0.1, 0.15) is 5.82 Å². The Hall–Kier alpha value is -2.75. The third-order valence-corrected chi connectivity index (χ3v) is 3.96. The molecular formula is C19H18FN3. The fraction of sp³-hybridized carbons (Fsp3) is 0.158. The summed E-state index contributed by atoms with van der Waals surface area (Å²) < 4.78 is 13.3. The molecule has 0 saturated heterocycles. The van der Waals surface area contributed by atoms with Gasteiger partial charge in [0.25, 0.3) is 0 Å². The van der Waals surface area contributed by atoms with Gasteiger partial charge >= 0.3 is 0 Å². The van der Waals surface area contributed by atoms with E-state index in [0.29, 0.717) is 11.3 Å². The average Bonchev–Trinajstić information content (AvgIpc) is 2.53. The van der Waals surface area contributed by atoms with E-state index in [1.165, 1.54) is 18.3 Å². The van der Waals surface area contributed by atoms with Crippen LogP contribution in [0.4, 0.5) is 10.1 Å². The molecular weight excluding hydrogens is 289 g/mol. The minimum atomic E-state index is -0.266. The van der Waals surface area contributed by atoms with Crippen LogP contribution in [-0.2, 0) is 0 Å². The second kappa shape index (κ2) is 5.80. The molecule has 0 amide bonds. The molecule has 0 bridgehead atoms. The number of rotatable bonds is 3. The molecule has 0 aliphatic heterocycles. The Morgan fingerprint density at radius 2 is 1.87 bits per heavy atom. The van der Waals surface area contributed by atoms with Crippen molar-refractivity contribution in [2.24, 2.45) is 0 Å². The largest absolute Gasteiger partial charge is 0.398 e. The van der Waals surface area contributed by atoms with Crippen LogP contribution in [0.1, 0.15) is 31.0 Å². The summed E-state index contributed by atoms with van der Waals surface area (Å²) in [6.45, 7) is 4.16. The Kier molecular flexibility index (Phi) is 3.82. The number of fused-ring (bicyclic) bond motifs is 1. The molecule has 4 heteroatoms. The molecule has 116 valence electrons. The van der Waals surface area contributed by atoms with Gasteiger partial charge in [-0.1, -0.05) is 26.0 Å². The van der Waals surface area contributed by atoms with Gasteiger partial charge in [-0.15, -0.1) is 0 Å². The standard InChI is InChI=1S/C19H18FN3/c1-11(2)19-18(12-3-5-15(20)6-4-12)16-7-13(9-21)17(22)8-14(16)10-23-19/h3-11,21H,22H2,1-2H3. The zero-order valence-electron chi connectivity index (χ0n) is 13.1. The summed E-state index contributed by atoms with van der Waals surface area (Å²) in [5, 5.41) is 9.42. The summed E-state index contributed by atoms with van der Waals surface area (Å²) >= 11 is 0. The van der Waals surface area contributed by atoms with E-state index in [4.69, 9.17) is 11.1 Å². The van der Waals surface area contributed by atoms with Gasteiger partial charge in [-0.2, -0.15) is 0 Å². The molecule has 0 aliphatic carbocycles. The molecule has 3 rings (SSSR count). The van der Waals surface area contributed by atoms with Crippen molar-refractivity contribution in [1.82, 2.24) is 4.98 Å². The van der Waals surface area contributed by atoms with Crippen molar-refractivity contribution in [2.45, 2.75) is 19.8 Å². The second-order valence-corrected chi connectivity index (χ2v) is 5.89. The van der Waals surface area contributed by atoms with Crippen LogP contribution in [-0.4, -0.2) is 11.2 Å². The third kappa shape index (κ3) is 2.68. The number of nitrogen functional groups attached to an aromatic ring is 1. The SMILES string of the molecule is CC(C)c1ncc2cc(N)c(C=N)cc2c1-c1ccc(F)cc1. The van der Waals surface area contributed by atoms with Crippen LogP contribution in [0, 0.1) is 11.2 Å². The van der Waals surface area contributed by atoms with E-state index in [9.17, 15) is 4.39 Å². The first-order valence-corrected chi connectivity index (χ1v) is 7.49. The van der Waals surface area contributed by atoms with Crippen LogP contribution in [0.15, 0.2) is 42.6 Å². The molecule has 0 spiro atoms. The molecule has 0 saturated carbocycles. The van der Waals surface area contributed by atoms with Crippen LogP contribution < -0.4 is 5.73 Å². The predicted molar refractivity (Wildman–Crippen MR) is 93.5 cm³/mol. The van der Waals surface area contributed by atoms with Crippen molar-refractivity contribution in [3.05, 3.63) is 59.7 Å². The van der Waals surface area contributed by atoms with E-state index in [1.54, 1.807) is 12.1 Å². The summed E-state index contributed by atoms with van der Waals surface area (Å²) in [4.78, 5) is 4.60. The fourth-order valence-electron chi connectivity index (χ4n) is 2.80. The van der Waals surface area contributed by atoms with Gasteiger partial charge in [-0.3, -0.25) is 4.98 Å². The Balaban J connectivity index is 2.40. The molecule has 3 nitrogen and oxygen atoms in total. The first-order valence-electron chi connectivity index (χ1n) is 7.49. The minimum Gasteiger partial charge on any atom is -0.398 e. The zero-order valence-corrected chi connectivity index (χ0v) is 13.1. The number of nitrogens with two attached hydrogens (primary N) is 1. The normalized spacial score (nSPS) is 11.1. The number of benzene rings is 2. The highest BCUT2D eigenvalue weighted by Crippen LogP contribution is 2.36. The van der Waals surface area contributed by atoms with Crippen molar-refractivity contribution in [3.63, 3.8) is 0 Å². The highest BCUT2D eigenvalue weighted by atomic mass is 19.1. The van der Waals surface area contributed by atoms with E-state index >= 15 is 0 Å². The molecule has 3 aromatic rings. The van der Waals surface area contributed by atoms with E-state index < -0.39 is 0 Å². The van der Waals surface area contributed by atoms with Crippen molar-refractivity contribution in [3.8, 4) is 11.1 Å². The average molecular weight is 307 g/mol. The number of aromatic nitrogens is 1. The van der Waals surface area contributed by atoms with Crippen LogP contribution in [0.25, 0.3) is 21.9 Å². The number of hydrogen-bond donors (Lipinski definition) is 2. The maximum Gasteiger partial charge on any atom is 0.123 e. The van der Waals surface area contributed by atoms with Crippen LogP contribution in [0.3, 0.4) is 0 Å². The molecule has 0 aliphatic rings. The Morgan fingerprint density at radius 3 is 2.48 bits per heavy atom. The first kappa shape index (κ1) is 15.2. The number of anilines is 1. The minimum absolute atomic E-state index is 0.223. The van der Waals surface area contributed by atoms with Crippen molar-refractivity contribution in [1.29, 1.82) is 5.41 Å². The zero-order chi connectivity index (χ0) is 16.6. The smallest absolute Gasteiger partial charge is 0.123 e. The second-order valence-electron chi connectivity index (χ2n) is 5.89. The van der Waals surface area contributed by atoms with Crippen molar-refractivity contribution >= 4 is 22.7 Å². The van der Waals surface area contributed by atoms with E-state index in [2.05, 4.69) is 18.8 Å². The number of pyridine rings is 1. The molecule has 0 atom stereocenters. The lowest BCUT2D eigenvalue weighted by molar-refractivity contribution is 0.628. The number of nitrogens with one attached hydrogen (secondary N) is 1. The quantitative estimate of drug-likeness (QED) is 0.542.